The Morgan fingerprint density at radius 2 is 1.83 bits per heavy atom. The van der Waals surface area contributed by atoms with E-state index in [2.05, 4.69) is 33.0 Å². The molecule has 1 unspecified atom stereocenters. The standard InChI is InChI=1S/C15H23F2N/c1-5-9-18-14(15(3,4)6-2)11-7-8-12(16)13(17)10-11/h7-8,10,14,18H,5-6,9H2,1-4H3. The van der Waals surface area contributed by atoms with Crippen LogP contribution in [0.25, 0.3) is 0 Å². The first-order valence-electron chi connectivity index (χ1n) is 6.60. The summed E-state index contributed by atoms with van der Waals surface area (Å²) in [7, 11) is 0. The highest BCUT2D eigenvalue weighted by Crippen LogP contribution is 2.36. The SMILES string of the molecule is CCCNC(c1ccc(F)c(F)c1)C(C)(C)CC. The van der Waals surface area contributed by atoms with Crippen LogP contribution in [0.1, 0.15) is 52.1 Å². The number of benzene rings is 1. The highest BCUT2D eigenvalue weighted by Gasteiger charge is 2.29. The van der Waals surface area contributed by atoms with E-state index >= 15 is 0 Å². The van der Waals surface area contributed by atoms with E-state index in [1.165, 1.54) is 12.1 Å². The molecule has 1 rings (SSSR count). The molecule has 0 aliphatic heterocycles. The van der Waals surface area contributed by atoms with Crippen molar-refractivity contribution in [3.8, 4) is 0 Å². The minimum Gasteiger partial charge on any atom is -0.309 e. The van der Waals surface area contributed by atoms with Gasteiger partial charge in [-0.15, -0.1) is 0 Å². The average molecular weight is 255 g/mol. The summed E-state index contributed by atoms with van der Waals surface area (Å²) in [6.45, 7) is 9.35. The van der Waals surface area contributed by atoms with Crippen molar-refractivity contribution in [2.24, 2.45) is 5.41 Å². The maximum Gasteiger partial charge on any atom is 0.159 e. The molecular formula is C15H23F2N. The minimum atomic E-state index is -0.790. The van der Waals surface area contributed by atoms with Gasteiger partial charge in [0.25, 0.3) is 0 Å². The molecule has 0 spiro atoms. The van der Waals surface area contributed by atoms with Crippen LogP contribution in [0, 0.1) is 17.0 Å². The molecule has 1 N–H and O–H groups in total. The van der Waals surface area contributed by atoms with Crippen LogP contribution in [-0.4, -0.2) is 6.54 Å². The zero-order valence-corrected chi connectivity index (χ0v) is 11.7. The smallest absolute Gasteiger partial charge is 0.159 e. The fourth-order valence-electron chi connectivity index (χ4n) is 2.03. The summed E-state index contributed by atoms with van der Waals surface area (Å²) < 4.78 is 26.3. The Morgan fingerprint density at radius 1 is 1.17 bits per heavy atom. The normalized spacial score (nSPS) is 13.7. The van der Waals surface area contributed by atoms with Crippen molar-refractivity contribution in [2.75, 3.05) is 6.54 Å². The average Bonchev–Trinajstić information content (AvgIpc) is 2.34. The topological polar surface area (TPSA) is 12.0 Å². The van der Waals surface area contributed by atoms with E-state index in [1.807, 2.05) is 0 Å². The quantitative estimate of drug-likeness (QED) is 0.792. The van der Waals surface area contributed by atoms with Gasteiger partial charge >= 0.3 is 0 Å². The van der Waals surface area contributed by atoms with Crippen LogP contribution in [0.3, 0.4) is 0 Å². The Balaban J connectivity index is 3.05. The largest absolute Gasteiger partial charge is 0.309 e. The molecule has 1 aromatic rings. The molecule has 0 radical (unpaired) electrons. The first kappa shape index (κ1) is 15.1. The Labute approximate surface area is 109 Å². The van der Waals surface area contributed by atoms with Crippen LogP contribution in [0.2, 0.25) is 0 Å². The van der Waals surface area contributed by atoms with Crippen LogP contribution < -0.4 is 5.32 Å². The molecule has 0 saturated heterocycles. The van der Waals surface area contributed by atoms with E-state index in [0.717, 1.165) is 24.9 Å². The fraction of sp³-hybridized carbons (Fsp3) is 0.600. The van der Waals surface area contributed by atoms with Gasteiger partial charge < -0.3 is 5.32 Å². The van der Waals surface area contributed by atoms with Gasteiger partial charge in [-0.3, -0.25) is 0 Å². The molecule has 0 aliphatic rings. The van der Waals surface area contributed by atoms with Crippen LogP contribution in [0.15, 0.2) is 18.2 Å². The summed E-state index contributed by atoms with van der Waals surface area (Å²) in [4.78, 5) is 0. The third-order valence-electron chi connectivity index (χ3n) is 3.57. The molecule has 1 aromatic carbocycles. The highest BCUT2D eigenvalue weighted by atomic mass is 19.2. The summed E-state index contributed by atoms with van der Waals surface area (Å²) in [5.41, 5.74) is 0.814. The molecule has 1 atom stereocenters. The molecule has 102 valence electrons. The van der Waals surface area contributed by atoms with Crippen LogP contribution in [0.5, 0.6) is 0 Å². The van der Waals surface area contributed by atoms with Crippen molar-refractivity contribution in [2.45, 2.75) is 46.6 Å². The Hall–Kier alpha value is -0.960. The van der Waals surface area contributed by atoms with E-state index in [9.17, 15) is 8.78 Å². The third kappa shape index (κ3) is 3.52. The summed E-state index contributed by atoms with van der Waals surface area (Å²) >= 11 is 0. The lowest BCUT2D eigenvalue weighted by molar-refractivity contribution is 0.234. The molecule has 0 aromatic heterocycles. The number of hydrogen-bond donors (Lipinski definition) is 1. The molecule has 0 heterocycles. The Kier molecular flexibility index (Phi) is 5.27. The second kappa shape index (κ2) is 6.28. The molecular weight excluding hydrogens is 232 g/mol. The molecule has 18 heavy (non-hydrogen) atoms. The monoisotopic (exact) mass is 255 g/mol. The van der Waals surface area contributed by atoms with Crippen molar-refractivity contribution >= 4 is 0 Å². The molecule has 0 bridgehead atoms. The van der Waals surface area contributed by atoms with Crippen molar-refractivity contribution < 1.29 is 8.78 Å². The molecule has 1 nitrogen and oxygen atoms in total. The van der Waals surface area contributed by atoms with Gasteiger partial charge in [0.15, 0.2) is 11.6 Å². The number of nitrogens with one attached hydrogen (secondary N) is 1. The van der Waals surface area contributed by atoms with E-state index in [4.69, 9.17) is 0 Å². The van der Waals surface area contributed by atoms with E-state index < -0.39 is 11.6 Å². The Bertz CT molecular complexity index is 388. The lowest BCUT2D eigenvalue weighted by atomic mass is 9.78. The predicted octanol–water partition coefficient (Wildman–Crippen LogP) is 4.44. The molecule has 0 saturated carbocycles. The van der Waals surface area contributed by atoms with Crippen molar-refractivity contribution in [1.29, 1.82) is 0 Å². The summed E-state index contributed by atoms with van der Waals surface area (Å²) in [6.07, 6.45) is 1.98. The van der Waals surface area contributed by atoms with Gasteiger partial charge in [0.05, 0.1) is 0 Å². The molecule has 0 aliphatic carbocycles. The maximum atomic E-state index is 13.4. The van der Waals surface area contributed by atoms with Crippen molar-refractivity contribution in [3.63, 3.8) is 0 Å². The minimum absolute atomic E-state index is 0.000556. The summed E-state index contributed by atoms with van der Waals surface area (Å²) in [5.74, 6) is -1.56. The van der Waals surface area contributed by atoms with Gasteiger partial charge in [-0.1, -0.05) is 33.8 Å². The van der Waals surface area contributed by atoms with Gasteiger partial charge in [0, 0.05) is 6.04 Å². The fourth-order valence-corrected chi connectivity index (χ4v) is 2.03. The van der Waals surface area contributed by atoms with E-state index in [0.29, 0.717) is 0 Å². The lowest BCUT2D eigenvalue weighted by Crippen LogP contribution is -2.34. The lowest BCUT2D eigenvalue weighted by Gasteiger charge is -2.35. The number of rotatable bonds is 6. The highest BCUT2D eigenvalue weighted by molar-refractivity contribution is 5.23. The molecule has 0 amide bonds. The van der Waals surface area contributed by atoms with Crippen molar-refractivity contribution in [1.82, 2.24) is 5.32 Å². The summed E-state index contributed by atoms with van der Waals surface area (Å²) in [5, 5.41) is 3.43. The first-order valence-corrected chi connectivity index (χ1v) is 6.60. The van der Waals surface area contributed by atoms with Crippen LogP contribution >= 0.6 is 0 Å². The van der Waals surface area contributed by atoms with Gasteiger partial charge in [-0.25, -0.2) is 8.78 Å². The first-order chi connectivity index (χ1) is 8.42. The number of hydrogen-bond acceptors (Lipinski definition) is 1. The van der Waals surface area contributed by atoms with Crippen LogP contribution in [-0.2, 0) is 0 Å². The van der Waals surface area contributed by atoms with E-state index in [1.54, 1.807) is 6.07 Å². The van der Waals surface area contributed by atoms with Crippen molar-refractivity contribution in [3.05, 3.63) is 35.4 Å². The maximum absolute atomic E-state index is 13.4. The van der Waals surface area contributed by atoms with Gasteiger partial charge in [0.1, 0.15) is 0 Å². The zero-order chi connectivity index (χ0) is 13.8. The predicted molar refractivity (Wildman–Crippen MR) is 71.5 cm³/mol. The van der Waals surface area contributed by atoms with Gasteiger partial charge in [-0.05, 0) is 42.5 Å². The van der Waals surface area contributed by atoms with Crippen LogP contribution in [0.4, 0.5) is 8.78 Å². The molecule has 0 fully saturated rings. The van der Waals surface area contributed by atoms with Gasteiger partial charge in [0.2, 0.25) is 0 Å². The second-order valence-electron chi connectivity index (χ2n) is 5.40. The second-order valence-corrected chi connectivity index (χ2v) is 5.40. The van der Waals surface area contributed by atoms with E-state index in [-0.39, 0.29) is 11.5 Å². The summed E-state index contributed by atoms with van der Waals surface area (Å²) in [6, 6.07) is 4.22. The third-order valence-corrected chi connectivity index (χ3v) is 3.57. The van der Waals surface area contributed by atoms with Gasteiger partial charge in [-0.2, -0.15) is 0 Å². The number of halogens is 2. The molecule has 3 heteroatoms. The Morgan fingerprint density at radius 3 is 2.33 bits per heavy atom. The zero-order valence-electron chi connectivity index (χ0n) is 11.7.